The molecular formula is C23H22N2O7. The topological polar surface area (TPSA) is 108 Å². The van der Waals surface area contributed by atoms with Crippen molar-refractivity contribution >= 4 is 29.3 Å². The quantitative estimate of drug-likeness (QED) is 0.279. The first-order chi connectivity index (χ1) is 15.3. The first-order valence-corrected chi connectivity index (χ1v) is 9.73. The zero-order chi connectivity index (χ0) is 23.4. The van der Waals surface area contributed by atoms with Crippen LogP contribution in [0.15, 0.2) is 59.3 Å². The fourth-order valence-electron chi connectivity index (χ4n) is 3.43. The van der Waals surface area contributed by atoms with Crippen LogP contribution in [0, 0.1) is 10.1 Å². The highest BCUT2D eigenvalue weighted by Gasteiger charge is 2.38. The molecule has 0 fully saturated rings. The third kappa shape index (κ3) is 4.18. The van der Waals surface area contributed by atoms with Crippen molar-refractivity contribution in [3.05, 3.63) is 75.0 Å². The Hall–Kier alpha value is -4.14. The summed E-state index contributed by atoms with van der Waals surface area (Å²) in [6.07, 6.45) is 1.44. The van der Waals surface area contributed by atoms with Gasteiger partial charge in [-0.15, -0.1) is 0 Å². The predicted octanol–water partition coefficient (Wildman–Crippen LogP) is 3.88. The van der Waals surface area contributed by atoms with Crippen molar-refractivity contribution in [3.8, 4) is 11.5 Å². The molecule has 1 amide bonds. The van der Waals surface area contributed by atoms with Gasteiger partial charge in [0.15, 0.2) is 5.75 Å². The average Bonchev–Trinajstić information content (AvgIpc) is 3.03. The van der Waals surface area contributed by atoms with Crippen LogP contribution >= 0.6 is 0 Å². The normalized spacial score (nSPS) is 14.7. The Kier molecular flexibility index (Phi) is 6.58. The average molecular weight is 438 g/mol. The van der Waals surface area contributed by atoms with E-state index in [2.05, 4.69) is 0 Å². The molecule has 32 heavy (non-hydrogen) atoms. The second-order valence-electron chi connectivity index (χ2n) is 6.77. The molecule has 1 aliphatic heterocycles. The molecule has 9 nitrogen and oxygen atoms in total. The van der Waals surface area contributed by atoms with E-state index in [0.29, 0.717) is 22.7 Å². The summed E-state index contributed by atoms with van der Waals surface area (Å²) in [6.45, 7) is 3.45. The lowest BCUT2D eigenvalue weighted by atomic mass is 10.0. The van der Waals surface area contributed by atoms with Crippen LogP contribution in [0.1, 0.15) is 19.4 Å². The number of benzene rings is 2. The van der Waals surface area contributed by atoms with Crippen molar-refractivity contribution in [2.45, 2.75) is 13.8 Å². The minimum Gasteiger partial charge on any atom is -0.497 e. The molecule has 0 spiro atoms. The second-order valence-corrected chi connectivity index (χ2v) is 6.77. The van der Waals surface area contributed by atoms with Crippen LogP contribution in [-0.4, -0.2) is 37.6 Å². The standard InChI is InChI=1S/C23H22N2O7/c1-5-32-23(27)21-14(2)24(16-7-9-17(30-3)10-8-16)22(26)18(21)12-15-6-11-20(31-4)19(13-15)25(28)29/h6-13H,5H2,1-4H3/b18-12-. The maximum Gasteiger partial charge on any atom is 0.340 e. The van der Waals surface area contributed by atoms with E-state index in [9.17, 15) is 19.7 Å². The minimum atomic E-state index is -0.649. The molecule has 2 aromatic carbocycles. The van der Waals surface area contributed by atoms with E-state index < -0.39 is 16.8 Å². The lowest BCUT2D eigenvalue weighted by molar-refractivity contribution is -0.385. The summed E-state index contributed by atoms with van der Waals surface area (Å²) in [5.74, 6) is -0.390. The molecule has 0 atom stereocenters. The molecule has 0 unspecified atom stereocenters. The van der Waals surface area contributed by atoms with Gasteiger partial charge in [0.05, 0.1) is 36.9 Å². The Bertz CT molecular complexity index is 1130. The Labute approximate surface area is 184 Å². The fraction of sp³-hybridized carbons (Fsp3) is 0.217. The highest BCUT2D eigenvalue weighted by Crippen LogP contribution is 2.37. The lowest BCUT2D eigenvalue weighted by Gasteiger charge is -2.18. The van der Waals surface area contributed by atoms with Gasteiger partial charge in [-0.2, -0.15) is 0 Å². The summed E-state index contributed by atoms with van der Waals surface area (Å²) in [6, 6.07) is 11.1. The van der Waals surface area contributed by atoms with E-state index in [1.54, 1.807) is 44.2 Å². The molecule has 1 aliphatic rings. The summed E-state index contributed by atoms with van der Waals surface area (Å²) in [4.78, 5) is 38.3. The van der Waals surface area contributed by atoms with Gasteiger partial charge in [0.2, 0.25) is 0 Å². The largest absolute Gasteiger partial charge is 0.497 e. The van der Waals surface area contributed by atoms with E-state index in [1.165, 1.54) is 37.3 Å². The number of carbonyl (C=O) groups excluding carboxylic acids is 2. The van der Waals surface area contributed by atoms with Crippen molar-refractivity contribution < 1.29 is 28.7 Å². The third-order valence-electron chi connectivity index (χ3n) is 4.92. The Morgan fingerprint density at radius 2 is 1.81 bits per heavy atom. The summed E-state index contributed by atoms with van der Waals surface area (Å²) < 4.78 is 15.4. The molecule has 166 valence electrons. The number of ether oxygens (including phenoxy) is 3. The van der Waals surface area contributed by atoms with Crippen LogP contribution in [0.2, 0.25) is 0 Å². The number of allylic oxidation sites excluding steroid dienone is 1. The van der Waals surface area contributed by atoms with Crippen LogP contribution in [0.5, 0.6) is 11.5 Å². The molecule has 0 N–H and O–H groups in total. The maximum atomic E-state index is 13.4. The van der Waals surface area contributed by atoms with Crippen LogP contribution in [-0.2, 0) is 14.3 Å². The second kappa shape index (κ2) is 9.34. The van der Waals surface area contributed by atoms with Gasteiger partial charge in [-0.1, -0.05) is 6.07 Å². The molecule has 2 aromatic rings. The number of esters is 1. The van der Waals surface area contributed by atoms with Crippen molar-refractivity contribution in [3.63, 3.8) is 0 Å². The molecule has 9 heteroatoms. The first-order valence-electron chi connectivity index (χ1n) is 9.73. The van der Waals surface area contributed by atoms with E-state index in [1.807, 2.05) is 0 Å². The summed E-state index contributed by atoms with van der Waals surface area (Å²) in [5, 5.41) is 11.4. The molecule has 0 saturated heterocycles. The van der Waals surface area contributed by atoms with Gasteiger partial charge in [0.1, 0.15) is 5.75 Å². The van der Waals surface area contributed by atoms with Crippen LogP contribution < -0.4 is 14.4 Å². The molecule has 1 heterocycles. The van der Waals surface area contributed by atoms with Gasteiger partial charge in [-0.25, -0.2) is 4.79 Å². The number of amides is 1. The van der Waals surface area contributed by atoms with Gasteiger partial charge in [-0.05, 0) is 55.8 Å². The number of anilines is 1. The maximum absolute atomic E-state index is 13.4. The number of nitro groups is 1. The van der Waals surface area contributed by atoms with Crippen LogP contribution in [0.4, 0.5) is 11.4 Å². The molecular weight excluding hydrogens is 416 g/mol. The fourth-order valence-corrected chi connectivity index (χ4v) is 3.43. The first kappa shape index (κ1) is 22.5. The van der Waals surface area contributed by atoms with Crippen molar-refractivity contribution in [1.29, 1.82) is 0 Å². The monoisotopic (exact) mass is 438 g/mol. The summed E-state index contributed by atoms with van der Waals surface area (Å²) >= 11 is 0. The van der Waals surface area contributed by atoms with Gasteiger partial charge in [0, 0.05) is 17.5 Å². The number of rotatable bonds is 7. The van der Waals surface area contributed by atoms with Crippen LogP contribution in [0.3, 0.4) is 0 Å². The van der Waals surface area contributed by atoms with Crippen molar-refractivity contribution in [2.24, 2.45) is 0 Å². The summed E-state index contributed by atoms with van der Waals surface area (Å²) in [5.41, 5.74) is 1.24. The van der Waals surface area contributed by atoms with Gasteiger partial charge in [0.25, 0.3) is 5.91 Å². The van der Waals surface area contributed by atoms with Gasteiger partial charge in [-0.3, -0.25) is 19.8 Å². The zero-order valence-electron chi connectivity index (χ0n) is 18.1. The van der Waals surface area contributed by atoms with E-state index in [0.717, 1.165) is 0 Å². The Balaban J connectivity index is 2.13. The number of nitrogens with zero attached hydrogens (tertiary/aromatic N) is 2. The Morgan fingerprint density at radius 1 is 1.12 bits per heavy atom. The number of hydrogen-bond acceptors (Lipinski definition) is 7. The number of methoxy groups -OCH3 is 2. The zero-order valence-corrected chi connectivity index (χ0v) is 18.1. The van der Waals surface area contributed by atoms with Crippen molar-refractivity contribution in [1.82, 2.24) is 0 Å². The van der Waals surface area contributed by atoms with Gasteiger partial charge < -0.3 is 14.2 Å². The molecule has 0 aromatic heterocycles. The SMILES string of the molecule is CCOC(=O)C1=C(C)N(c2ccc(OC)cc2)C(=O)/C1=C\c1ccc(OC)c([N+](=O)[O-])c1. The minimum absolute atomic E-state index is 0.0798. The van der Waals surface area contributed by atoms with E-state index in [4.69, 9.17) is 14.2 Å². The van der Waals surface area contributed by atoms with Gasteiger partial charge >= 0.3 is 11.7 Å². The molecule has 0 aliphatic carbocycles. The smallest absolute Gasteiger partial charge is 0.340 e. The van der Waals surface area contributed by atoms with E-state index in [-0.39, 0.29) is 29.2 Å². The number of carbonyl (C=O) groups is 2. The Morgan fingerprint density at radius 3 is 2.38 bits per heavy atom. The predicted molar refractivity (Wildman–Crippen MR) is 117 cm³/mol. The highest BCUT2D eigenvalue weighted by molar-refractivity contribution is 6.23. The van der Waals surface area contributed by atoms with E-state index >= 15 is 0 Å². The summed E-state index contributed by atoms with van der Waals surface area (Å²) in [7, 11) is 2.87. The molecule has 0 bridgehead atoms. The van der Waals surface area contributed by atoms with Crippen LogP contribution in [0.25, 0.3) is 6.08 Å². The number of hydrogen-bond donors (Lipinski definition) is 0. The lowest BCUT2D eigenvalue weighted by Crippen LogP contribution is -2.24. The highest BCUT2D eigenvalue weighted by atomic mass is 16.6. The third-order valence-corrected chi connectivity index (χ3v) is 4.92. The molecule has 3 rings (SSSR count). The molecule has 0 radical (unpaired) electrons. The number of nitro benzene ring substituents is 1. The molecule has 0 saturated carbocycles. The van der Waals surface area contributed by atoms with Crippen molar-refractivity contribution in [2.75, 3.05) is 25.7 Å².